The van der Waals surface area contributed by atoms with Crippen LogP contribution in [0.15, 0.2) is 65.3 Å². The summed E-state index contributed by atoms with van der Waals surface area (Å²) in [5, 5.41) is 3.50. The monoisotopic (exact) mass is 441 g/mol. The van der Waals surface area contributed by atoms with Gasteiger partial charge < -0.3 is 10.1 Å². The summed E-state index contributed by atoms with van der Waals surface area (Å²) >= 11 is 0. The van der Waals surface area contributed by atoms with Crippen LogP contribution in [0.25, 0.3) is 5.57 Å². The van der Waals surface area contributed by atoms with Crippen molar-refractivity contribution in [3.8, 4) is 0 Å². The molecule has 33 heavy (non-hydrogen) atoms. The van der Waals surface area contributed by atoms with Crippen LogP contribution in [0.3, 0.4) is 0 Å². The van der Waals surface area contributed by atoms with E-state index in [1.54, 1.807) is 0 Å². The number of allylic oxidation sites excluding steroid dienone is 5. The summed E-state index contributed by atoms with van der Waals surface area (Å²) in [5.41, 5.74) is 12.4. The Kier molecular flexibility index (Phi) is 6.37. The summed E-state index contributed by atoms with van der Waals surface area (Å²) in [7, 11) is 4.16. The number of anilines is 1. The molecule has 0 radical (unpaired) electrons. The minimum Gasteiger partial charge on any atom is -0.462 e. The first-order valence-corrected chi connectivity index (χ1v) is 11.7. The Morgan fingerprint density at radius 2 is 1.82 bits per heavy atom. The fraction of sp³-hybridized carbons (Fsp3) is 0.310. The quantitative estimate of drug-likeness (QED) is 0.488. The molecular formula is C29H33N2O2+. The van der Waals surface area contributed by atoms with Crippen molar-refractivity contribution in [1.29, 1.82) is 0 Å². The molecule has 2 aliphatic rings. The average molecular weight is 442 g/mol. The highest BCUT2D eigenvalue weighted by Crippen LogP contribution is 2.44. The number of rotatable bonds is 5. The molecule has 0 aromatic heterocycles. The number of nitrogens with zero attached hydrogens (tertiary/aromatic N) is 1. The molecule has 0 fully saturated rings. The lowest BCUT2D eigenvalue weighted by atomic mass is 9.75. The maximum Gasteiger partial charge on any atom is 0.338 e. The second kappa shape index (κ2) is 9.22. The smallest absolute Gasteiger partial charge is 0.338 e. The number of carbonyl (C=O) groups excluding carboxylic acids is 1. The third-order valence-corrected chi connectivity index (χ3v) is 6.33. The van der Waals surface area contributed by atoms with Gasteiger partial charge in [-0.1, -0.05) is 18.2 Å². The molecule has 170 valence electrons. The Morgan fingerprint density at radius 1 is 1.06 bits per heavy atom. The van der Waals surface area contributed by atoms with E-state index in [2.05, 4.69) is 69.0 Å². The molecule has 4 heteroatoms. The van der Waals surface area contributed by atoms with E-state index in [4.69, 9.17) is 4.74 Å². The summed E-state index contributed by atoms with van der Waals surface area (Å²) < 4.78 is 7.58. The van der Waals surface area contributed by atoms with E-state index in [1.165, 1.54) is 39.1 Å². The van der Waals surface area contributed by atoms with Crippen molar-refractivity contribution in [1.82, 2.24) is 0 Å². The van der Waals surface area contributed by atoms with Crippen molar-refractivity contribution < 1.29 is 14.1 Å². The first kappa shape index (κ1) is 22.8. The van der Waals surface area contributed by atoms with Gasteiger partial charge in [-0.25, -0.2) is 9.37 Å². The van der Waals surface area contributed by atoms with Gasteiger partial charge in [0.1, 0.15) is 14.1 Å². The lowest BCUT2D eigenvalue weighted by Gasteiger charge is -2.29. The Labute approximate surface area is 197 Å². The maximum atomic E-state index is 12.9. The van der Waals surface area contributed by atoms with Crippen LogP contribution in [-0.4, -0.2) is 43.5 Å². The Bertz CT molecular complexity index is 1250. The number of hydrogen-bond acceptors (Lipinski definition) is 3. The first-order valence-electron chi connectivity index (χ1n) is 11.7. The first-order chi connectivity index (χ1) is 15.8. The second-order valence-electron chi connectivity index (χ2n) is 8.86. The predicted octanol–water partition coefficient (Wildman–Crippen LogP) is 5.56. The van der Waals surface area contributed by atoms with E-state index in [0.717, 1.165) is 29.8 Å². The molecule has 0 saturated carbocycles. The van der Waals surface area contributed by atoms with Gasteiger partial charge in [0.2, 0.25) is 5.71 Å². The number of carbonyl (C=O) groups is 1. The van der Waals surface area contributed by atoms with Crippen LogP contribution in [0.5, 0.6) is 0 Å². The van der Waals surface area contributed by atoms with Gasteiger partial charge in [-0.15, -0.1) is 0 Å². The summed E-state index contributed by atoms with van der Waals surface area (Å²) in [4.78, 5) is 12.9. The molecule has 4 nitrogen and oxygen atoms in total. The van der Waals surface area contributed by atoms with E-state index in [0.29, 0.717) is 12.2 Å². The van der Waals surface area contributed by atoms with Gasteiger partial charge in [-0.3, -0.25) is 0 Å². The fourth-order valence-electron chi connectivity index (χ4n) is 4.84. The van der Waals surface area contributed by atoms with Crippen LogP contribution in [0.4, 0.5) is 5.69 Å². The molecule has 2 aromatic carbocycles. The minimum atomic E-state index is -0.281. The van der Waals surface area contributed by atoms with Gasteiger partial charge in [0.05, 0.1) is 12.2 Å². The fourth-order valence-corrected chi connectivity index (χ4v) is 4.84. The number of esters is 1. The van der Waals surface area contributed by atoms with E-state index >= 15 is 0 Å². The van der Waals surface area contributed by atoms with E-state index < -0.39 is 0 Å². The highest BCUT2D eigenvalue weighted by Gasteiger charge is 2.30. The Morgan fingerprint density at radius 3 is 2.52 bits per heavy atom. The standard InChI is InChI=1S/C29H32N2O2/c1-7-30-26-16-20-15-21-17-27(31(5)6)19(4)14-25(21)28(24(20)13-18(26)3)22-11-9-10-12-23(22)29(32)33-8-2/h9-14,16-17H,7-8,15H2,1-6H3/p+1. The SMILES string of the molecule is CCNc1cc2c(cc1C)C(c1ccccc1C(=O)OCC)=C1C=C(C)C(=[N+](C)C)C=C1C2. The zero-order valence-corrected chi connectivity index (χ0v) is 20.5. The van der Waals surface area contributed by atoms with Crippen LogP contribution in [0.2, 0.25) is 0 Å². The van der Waals surface area contributed by atoms with E-state index in [9.17, 15) is 4.79 Å². The number of fused-ring (bicyclic) bond motifs is 2. The molecule has 0 atom stereocenters. The van der Waals surface area contributed by atoms with Gasteiger partial charge in [0.15, 0.2) is 0 Å². The van der Waals surface area contributed by atoms with Crippen molar-refractivity contribution in [3.63, 3.8) is 0 Å². The predicted molar refractivity (Wildman–Crippen MR) is 136 cm³/mol. The van der Waals surface area contributed by atoms with Gasteiger partial charge in [0, 0.05) is 23.9 Å². The summed E-state index contributed by atoms with van der Waals surface area (Å²) in [6.45, 7) is 9.49. The highest BCUT2D eigenvalue weighted by atomic mass is 16.5. The van der Waals surface area contributed by atoms with E-state index in [1.807, 2.05) is 31.2 Å². The van der Waals surface area contributed by atoms with Crippen LogP contribution in [-0.2, 0) is 11.2 Å². The Hall–Kier alpha value is -3.40. The summed E-state index contributed by atoms with van der Waals surface area (Å²) in [5.74, 6) is -0.281. The minimum absolute atomic E-state index is 0.281. The molecule has 0 unspecified atom stereocenters. The van der Waals surface area contributed by atoms with Crippen LogP contribution >= 0.6 is 0 Å². The lowest BCUT2D eigenvalue weighted by Crippen LogP contribution is -2.20. The van der Waals surface area contributed by atoms with Crippen LogP contribution < -0.4 is 5.32 Å². The molecule has 4 rings (SSSR count). The topological polar surface area (TPSA) is 41.3 Å². The zero-order valence-electron chi connectivity index (χ0n) is 20.5. The summed E-state index contributed by atoms with van der Waals surface area (Å²) in [6, 6.07) is 12.4. The molecule has 0 bridgehead atoms. The van der Waals surface area contributed by atoms with Gasteiger partial charge >= 0.3 is 5.97 Å². The number of ether oxygens (including phenoxy) is 1. The molecule has 1 N–H and O–H groups in total. The number of nitrogens with one attached hydrogen (secondary N) is 1. The molecule has 2 aliphatic carbocycles. The number of benzene rings is 2. The third-order valence-electron chi connectivity index (χ3n) is 6.33. The van der Waals surface area contributed by atoms with Crippen molar-refractivity contribution in [2.24, 2.45) is 0 Å². The summed E-state index contributed by atoms with van der Waals surface area (Å²) in [6.07, 6.45) is 5.43. The van der Waals surface area contributed by atoms with Gasteiger partial charge in [-0.2, -0.15) is 0 Å². The molecule has 0 heterocycles. The molecular weight excluding hydrogens is 408 g/mol. The Balaban J connectivity index is 2.05. The van der Waals surface area contributed by atoms with Crippen LogP contribution in [0, 0.1) is 6.92 Å². The largest absolute Gasteiger partial charge is 0.462 e. The van der Waals surface area contributed by atoms with Crippen molar-refractivity contribution in [2.45, 2.75) is 34.1 Å². The normalized spacial score (nSPS) is 14.8. The van der Waals surface area contributed by atoms with Gasteiger partial charge in [0.25, 0.3) is 0 Å². The van der Waals surface area contributed by atoms with Crippen LogP contribution in [0.1, 0.15) is 53.4 Å². The molecule has 0 spiro atoms. The molecule has 2 aromatic rings. The average Bonchev–Trinajstić information content (AvgIpc) is 2.78. The third kappa shape index (κ3) is 4.18. The highest BCUT2D eigenvalue weighted by molar-refractivity contribution is 6.10. The van der Waals surface area contributed by atoms with Crippen molar-refractivity contribution in [2.75, 3.05) is 32.6 Å². The van der Waals surface area contributed by atoms with Gasteiger partial charge in [-0.05, 0) is 97.4 Å². The molecule has 0 amide bonds. The van der Waals surface area contributed by atoms with Crippen molar-refractivity contribution in [3.05, 3.63) is 93.1 Å². The number of hydrogen-bond donors (Lipinski definition) is 1. The second-order valence-corrected chi connectivity index (χ2v) is 8.86. The van der Waals surface area contributed by atoms with Crippen molar-refractivity contribution >= 4 is 22.9 Å². The molecule has 0 aliphatic heterocycles. The number of aryl methyl sites for hydroxylation is 1. The van der Waals surface area contributed by atoms with E-state index in [-0.39, 0.29) is 5.97 Å². The lowest BCUT2D eigenvalue weighted by molar-refractivity contribution is -0.463. The molecule has 0 saturated heterocycles. The maximum absolute atomic E-state index is 12.9. The zero-order chi connectivity index (χ0) is 23.7.